The van der Waals surface area contributed by atoms with Gasteiger partial charge in [0.2, 0.25) is 0 Å². The second-order valence-electron chi connectivity index (χ2n) is 9.08. The highest BCUT2D eigenvalue weighted by molar-refractivity contribution is 5.47. The van der Waals surface area contributed by atoms with E-state index in [2.05, 4.69) is 55.9 Å². The van der Waals surface area contributed by atoms with Gasteiger partial charge < -0.3 is 20.5 Å². The first-order chi connectivity index (χ1) is 15.7. The van der Waals surface area contributed by atoms with Gasteiger partial charge in [0.1, 0.15) is 11.4 Å². The van der Waals surface area contributed by atoms with Crippen LogP contribution in [0.15, 0.2) is 30.5 Å². The molecule has 2 aromatic rings. The highest BCUT2D eigenvalue weighted by Crippen LogP contribution is 2.50. The van der Waals surface area contributed by atoms with Gasteiger partial charge in [0.05, 0.1) is 32.6 Å². The van der Waals surface area contributed by atoms with Gasteiger partial charge in [0.15, 0.2) is 5.82 Å². The number of piperidine rings is 1. The van der Waals surface area contributed by atoms with Crippen molar-refractivity contribution in [3.63, 3.8) is 0 Å². The molecule has 1 aromatic carbocycles. The van der Waals surface area contributed by atoms with Crippen molar-refractivity contribution in [1.82, 2.24) is 14.9 Å². The molecule has 0 radical (unpaired) electrons. The summed E-state index contributed by atoms with van der Waals surface area (Å²) < 4.78 is 5.37. The summed E-state index contributed by atoms with van der Waals surface area (Å²) in [5.41, 5.74) is 10.7. The number of hydrogen-bond acceptors (Lipinski definition) is 7. The second kappa shape index (κ2) is 9.16. The fraction of sp³-hybridized carbons (Fsp3) is 0.520. The van der Waals surface area contributed by atoms with Crippen molar-refractivity contribution in [2.24, 2.45) is 11.1 Å². The van der Waals surface area contributed by atoms with Crippen molar-refractivity contribution in [3.8, 4) is 11.8 Å². The van der Waals surface area contributed by atoms with Gasteiger partial charge in [-0.1, -0.05) is 30.2 Å². The Morgan fingerprint density at radius 2 is 1.94 bits per heavy atom. The summed E-state index contributed by atoms with van der Waals surface area (Å²) in [6.07, 6.45) is 4.80. The van der Waals surface area contributed by atoms with E-state index >= 15 is 0 Å². The number of aliphatic hydroxyl groups is 1. The lowest BCUT2D eigenvalue weighted by Gasteiger charge is -2.42. The maximum atomic E-state index is 9.95. The van der Waals surface area contributed by atoms with Crippen LogP contribution in [0.4, 0.5) is 5.82 Å². The van der Waals surface area contributed by atoms with Crippen molar-refractivity contribution in [2.75, 3.05) is 50.8 Å². The highest BCUT2D eigenvalue weighted by Gasteiger charge is 2.46. The van der Waals surface area contributed by atoms with Gasteiger partial charge in [-0.05, 0) is 41.7 Å². The molecular weight excluding hydrogens is 402 g/mol. The van der Waals surface area contributed by atoms with Crippen molar-refractivity contribution in [1.29, 1.82) is 0 Å². The molecule has 0 bridgehead atoms. The summed E-state index contributed by atoms with van der Waals surface area (Å²) >= 11 is 0. The molecule has 3 aliphatic rings. The van der Waals surface area contributed by atoms with E-state index in [1.807, 2.05) is 0 Å². The average Bonchev–Trinajstić information content (AvgIpc) is 3.11. The molecule has 2 saturated heterocycles. The summed E-state index contributed by atoms with van der Waals surface area (Å²) in [6, 6.07) is 8.67. The number of ether oxygens (including phenoxy) is 1. The van der Waals surface area contributed by atoms with Crippen LogP contribution in [0.25, 0.3) is 0 Å². The van der Waals surface area contributed by atoms with Crippen LogP contribution in [0.5, 0.6) is 0 Å². The molecule has 1 aromatic heterocycles. The molecule has 0 unspecified atom stereocenters. The Labute approximate surface area is 189 Å². The Morgan fingerprint density at radius 3 is 2.69 bits per heavy atom. The molecule has 1 atom stereocenters. The molecule has 2 fully saturated rings. The van der Waals surface area contributed by atoms with E-state index in [0.29, 0.717) is 17.9 Å². The highest BCUT2D eigenvalue weighted by atomic mass is 16.5. The van der Waals surface area contributed by atoms with E-state index in [1.165, 1.54) is 11.1 Å². The largest absolute Gasteiger partial charge is 0.390 e. The third kappa shape index (κ3) is 4.12. The number of nitrogens with two attached hydrogens (primary N) is 1. The van der Waals surface area contributed by atoms with Gasteiger partial charge >= 0.3 is 0 Å². The van der Waals surface area contributed by atoms with E-state index in [4.69, 9.17) is 10.5 Å². The molecule has 0 saturated carbocycles. The summed E-state index contributed by atoms with van der Waals surface area (Å²) in [6.45, 7) is 5.62. The predicted octanol–water partition coefficient (Wildman–Crippen LogP) is 1.50. The van der Waals surface area contributed by atoms with Gasteiger partial charge in [-0.15, -0.1) is 0 Å². The fourth-order valence-corrected chi connectivity index (χ4v) is 5.32. The number of rotatable bonds is 3. The Hall–Kier alpha value is -2.50. The average molecular weight is 434 g/mol. The molecular formula is C25H31N5O2. The molecule has 0 amide bonds. The fourth-order valence-electron chi connectivity index (χ4n) is 5.32. The quantitative estimate of drug-likeness (QED) is 0.709. The van der Waals surface area contributed by atoms with Crippen LogP contribution in [0.3, 0.4) is 0 Å². The van der Waals surface area contributed by atoms with E-state index in [0.717, 1.165) is 64.5 Å². The van der Waals surface area contributed by atoms with E-state index < -0.39 is 0 Å². The maximum absolute atomic E-state index is 9.95. The monoisotopic (exact) mass is 433 g/mol. The number of hydrogen-bond donors (Lipinski definition) is 2. The van der Waals surface area contributed by atoms with Crippen molar-refractivity contribution < 1.29 is 9.84 Å². The van der Waals surface area contributed by atoms with Crippen molar-refractivity contribution in [3.05, 3.63) is 53.0 Å². The first kappa shape index (κ1) is 21.4. The van der Waals surface area contributed by atoms with E-state index in [1.54, 1.807) is 6.20 Å². The summed E-state index contributed by atoms with van der Waals surface area (Å²) in [5.74, 6) is 7.05. The number of morpholine rings is 1. The molecule has 1 aliphatic carbocycles. The zero-order valence-electron chi connectivity index (χ0n) is 18.5. The van der Waals surface area contributed by atoms with Gasteiger partial charge in [-0.25, -0.2) is 9.97 Å². The zero-order chi connectivity index (χ0) is 22.0. The van der Waals surface area contributed by atoms with Gasteiger partial charge in [-0.2, -0.15) is 0 Å². The van der Waals surface area contributed by atoms with Crippen LogP contribution in [0.1, 0.15) is 41.4 Å². The first-order valence-electron chi connectivity index (χ1n) is 11.5. The molecule has 7 heteroatoms. The van der Waals surface area contributed by atoms with Crippen LogP contribution in [0.2, 0.25) is 0 Å². The van der Waals surface area contributed by atoms with Crippen LogP contribution >= 0.6 is 0 Å². The molecule has 1 spiro atoms. The number of fused-ring (bicyclic) bond motifs is 1. The standard InChI is InChI=1S/C25H31N5O2/c26-23-21-6-2-1-4-19(21)16-25(23)7-10-30(11-8-25)24-22(18-31)28-20(17-27-24)5-3-9-29-12-14-32-15-13-29/h1-2,4,6,17,23,31H,7-16,18,26H2/t23-/m1/s1. The smallest absolute Gasteiger partial charge is 0.152 e. The van der Waals surface area contributed by atoms with Crippen LogP contribution < -0.4 is 10.6 Å². The molecule has 2 aliphatic heterocycles. The molecule has 32 heavy (non-hydrogen) atoms. The Balaban J connectivity index is 1.25. The molecule has 3 N–H and O–H groups in total. The van der Waals surface area contributed by atoms with Crippen LogP contribution in [-0.4, -0.2) is 65.9 Å². The predicted molar refractivity (Wildman–Crippen MR) is 123 cm³/mol. The minimum atomic E-state index is -0.145. The molecule has 5 rings (SSSR count). The normalized spacial score (nSPS) is 22.4. The van der Waals surface area contributed by atoms with Gasteiger partial charge in [0, 0.05) is 32.2 Å². The van der Waals surface area contributed by atoms with Gasteiger partial charge in [0.25, 0.3) is 0 Å². The molecule has 3 heterocycles. The lowest BCUT2D eigenvalue weighted by Crippen LogP contribution is -2.45. The second-order valence-corrected chi connectivity index (χ2v) is 9.08. The minimum absolute atomic E-state index is 0.0911. The third-order valence-electron chi connectivity index (χ3n) is 7.25. The van der Waals surface area contributed by atoms with E-state index in [9.17, 15) is 5.11 Å². The van der Waals surface area contributed by atoms with Crippen molar-refractivity contribution in [2.45, 2.75) is 31.9 Å². The summed E-state index contributed by atoms with van der Waals surface area (Å²) in [7, 11) is 0. The lowest BCUT2D eigenvalue weighted by atomic mass is 9.73. The summed E-state index contributed by atoms with van der Waals surface area (Å²) in [5, 5.41) is 9.95. The lowest BCUT2D eigenvalue weighted by molar-refractivity contribution is 0.0443. The SMILES string of the molecule is N[C@@H]1c2ccccc2CC12CCN(c1ncc(C#CCN3CCOCC3)nc1CO)CC2. The minimum Gasteiger partial charge on any atom is -0.390 e. The topological polar surface area (TPSA) is 87.7 Å². The number of aromatic nitrogens is 2. The number of anilines is 1. The van der Waals surface area contributed by atoms with Crippen LogP contribution in [0, 0.1) is 17.3 Å². The van der Waals surface area contributed by atoms with Gasteiger partial charge in [-0.3, -0.25) is 4.90 Å². The molecule has 168 valence electrons. The first-order valence-corrected chi connectivity index (χ1v) is 11.5. The Bertz CT molecular complexity index is 1020. The van der Waals surface area contributed by atoms with Crippen LogP contribution in [-0.2, 0) is 17.8 Å². The number of nitrogens with zero attached hydrogens (tertiary/aromatic N) is 4. The van der Waals surface area contributed by atoms with Crippen molar-refractivity contribution >= 4 is 5.82 Å². The van der Waals surface area contributed by atoms with E-state index in [-0.39, 0.29) is 18.1 Å². The zero-order valence-corrected chi connectivity index (χ0v) is 18.5. The number of benzene rings is 1. The third-order valence-corrected chi connectivity index (χ3v) is 7.25. The summed E-state index contributed by atoms with van der Waals surface area (Å²) in [4.78, 5) is 13.7. The Morgan fingerprint density at radius 1 is 1.16 bits per heavy atom. The number of aliphatic hydroxyl groups excluding tert-OH is 1. The molecule has 7 nitrogen and oxygen atoms in total. The Kier molecular flexibility index (Phi) is 6.11. The maximum Gasteiger partial charge on any atom is 0.152 e.